The number of pyridine rings is 1. The van der Waals surface area contributed by atoms with Gasteiger partial charge in [-0.15, -0.1) is 24.0 Å². The lowest BCUT2D eigenvalue weighted by molar-refractivity contribution is 0.0657. The molecule has 1 heterocycles. The number of hydrogen-bond acceptors (Lipinski definition) is 3. The molecule has 1 aromatic heterocycles. The first-order valence-electron chi connectivity index (χ1n) is 9.29. The van der Waals surface area contributed by atoms with Gasteiger partial charge in [-0.2, -0.15) is 0 Å². The van der Waals surface area contributed by atoms with Gasteiger partial charge in [0.05, 0.1) is 19.3 Å². The smallest absolute Gasteiger partial charge is 0.191 e. The molecule has 27 heavy (non-hydrogen) atoms. The van der Waals surface area contributed by atoms with E-state index in [0.29, 0.717) is 13.2 Å². The number of ether oxygens (including phenoxy) is 1. The van der Waals surface area contributed by atoms with Crippen molar-refractivity contribution in [2.24, 2.45) is 4.99 Å². The highest BCUT2D eigenvalue weighted by molar-refractivity contribution is 14.0. The van der Waals surface area contributed by atoms with Gasteiger partial charge in [0.25, 0.3) is 0 Å². The van der Waals surface area contributed by atoms with Crippen LogP contribution in [0.2, 0.25) is 0 Å². The fourth-order valence-corrected chi connectivity index (χ4v) is 2.45. The summed E-state index contributed by atoms with van der Waals surface area (Å²) in [4.78, 5) is 9.03. The van der Waals surface area contributed by atoms with E-state index in [1.54, 1.807) is 0 Å². The molecule has 0 aliphatic rings. The molecule has 6 heteroatoms. The maximum absolute atomic E-state index is 5.68. The summed E-state index contributed by atoms with van der Waals surface area (Å²) in [7, 11) is 0. The Bertz CT molecular complexity index is 677. The molecule has 1 aromatic carbocycles. The molecule has 2 aromatic rings. The van der Waals surface area contributed by atoms with Gasteiger partial charge in [0.1, 0.15) is 0 Å². The van der Waals surface area contributed by atoms with Crippen molar-refractivity contribution in [1.29, 1.82) is 0 Å². The molecule has 0 fully saturated rings. The first kappa shape index (κ1) is 23.4. The molecule has 0 spiro atoms. The summed E-state index contributed by atoms with van der Waals surface area (Å²) in [6.07, 6.45) is 2.93. The molecule has 0 unspecified atom stereocenters. The van der Waals surface area contributed by atoms with Crippen molar-refractivity contribution in [3.05, 3.63) is 65.5 Å². The second-order valence-electron chi connectivity index (χ2n) is 6.37. The van der Waals surface area contributed by atoms with Crippen molar-refractivity contribution in [2.75, 3.05) is 13.1 Å². The minimum absolute atomic E-state index is 0. The number of halogens is 1. The normalized spacial score (nSPS) is 11.2. The predicted octanol–water partition coefficient (Wildman–Crippen LogP) is 3.92. The van der Waals surface area contributed by atoms with Gasteiger partial charge in [0, 0.05) is 31.4 Å². The summed E-state index contributed by atoms with van der Waals surface area (Å²) >= 11 is 0. The van der Waals surface area contributed by atoms with Crippen LogP contribution in [0.4, 0.5) is 0 Å². The monoisotopic (exact) mass is 482 g/mol. The topological polar surface area (TPSA) is 58.5 Å². The number of nitrogens with zero attached hydrogens (tertiary/aromatic N) is 2. The van der Waals surface area contributed by atoms with Crippen LogP contribution in [-0.2, 0) is 24.3 Å². The van der Waals surface area contributed by atoms with Crippen molar-refractivity contribution in [3.63, 3.8) is 0 Å². The van der Waals surface area contributed by atoms with Gasteiger partial charge in [-0.05, 0) is 44.0 Å². The summed E-state index contributed by atoms with van der Waals surface area (Å²) in [5.74, 6) is 0.826. The molecule has 2 N–H and O–H groups in total. The number of aliphatic imine (C=N–C) groups is 1. The summed E-state index contributed by atoms with van der Waals surface area (Å²) in [6, 6.07) is 14.4. The molecule has 0 atom stereocenters. The molecular weight excluding hydrogens is 451 g/mol. The second kappa shape index (κ2) is 13.5. The SMILES string of the molecule is CCNC(=NCc1cccc(COC(C)C)c1)NCCc1ccccn1.I. The van der Waals surface area contributed by atoms with Crippen LogP contribution >= 0.6 is 24.0 Å². The van der Waals surface area contributed by atoms with Crippen molar-refractivity contribution in [1.82, 2.24) is 15.6 Å². The van der Waals surface area contributed by atoms with Crippen LogP contribution in [0.1, 0.15) is 37.6 Å². The van der Waals surface area contributed by atoms with E-state index in [2.05, 4.69) is 51.8 Å². The molecule has 0 saturated carbocycles. The predicted molar refractivity (Wildman–Crippen MR) is 123 cm³/mol. The zero-order chi connectivity index (χ0) is 18.6. The molecule has 0 aliphatic carbocycles. The first-order valence-corrected chi connectivity index (χ1v) is 9.29. The van der Waals surface area contributed by atoms with E-state index in [9.17, 15) is 0 Å². The van der Waals surface area contributed by atoms with Crippen LogP contribution in [0.25, 0.3) is 0 Å². The molecule has 2 rings (SSSR count). The molecule has 5 nitrogen and oxygen atoms in total. The largest absolute Gasteiger partial charge is 0.374 e. The number of benzene rings is 1. The van der Waals surface area contributed by atoms with Crippen molar-refractivity contribution >= 4 is 29.9 Å². The lowest BCUT2D eigenvalue weighted by atomic mass is 10.1. The van der Waals surface area contributed by atoms with E-state index in [0.717, 1.165) is 31.2 Å². The first-order chi connectivity index (χ1) is 12.7. The Kier molecular flexibility index (Phi) is 11.7. The molecule has 148 valence electrons. The third-order valence-corrected chi connectivity index (χ3v) is 3.74. The fraction of sp³-hybridized carbons (Fsp3) is 0.429. The number of aromatic nitrogens is 1. The third-order valence-electron chi connectivity index (χ3n) is 3.74. The minimum Gasteiger partial charge on any atom is -0.374 e. The molecule has 0 amide bonds. The van der Waals surface area contributed by atoms with E-state index < -0.39 is 0 Å². The van der Waals surface area contributed by atoms with Gasteiger partial charge in [-0.25, -0.2) is 4.99 Å². The summed E-state index contributed by atoms with van der Waals surface area (Å²) in [5.41, 5.74) is 3.44. The zero-order valence-electron chi connectivity index (χ0n) is 16.4. The molecule has 0 saturated heterocycles. The Morgan fingerprint density at radius 3 is 2.63 bits per heavy atom. The van der Waals surface area contributed by atoms with Crippen LogP contribution in [0.5, 0.6) is 0 Å². The minimum atomic E-state index is 0. The van der Waals surface area contributed by atoms with E-state index in [4.69, 9.17) is 4.74 Å². The van der Waals surface area contributed by atoms with E-state index in [1.165, 1.54) is 11.1 Å². The Morgan fingerprint density at radius 2 is 1.93 bits per heavy atom. The maximum atomic E-state index is 5.68. The van der Waals surface area contributed by atoms with E-state index in [-0.39, 0.29) is 30.1 Å². The summed E-state index contributed by atoms with van der Waals surface area (Å²) in [6.45, 7) is 9.07. The number of rotatable bonds is 9. The fourth-order valence-electron chi connectivity index (χ4n) is 2.45. The van der Waals surface area contributed by atoms with Crippen LogP contribution in [0, 0.1) is 0 Å². The lowest BCUT2D eigenvalue weighted by Gasteiger charge is -2.12. The Morgan fingerprint density at radius 1 is 1.11 bits per heavy atom. The standard InChI is InChI=1S/C21H30N4O.HI/c1-4-22-21(24-13-11-20-10-5-6-12-23-20)25-15-18-8-7-9-19(14-18)16-26-17(2)3;/h5-10,12,14,17H,4,11,13,15-16H2,1-3H3,(H2,22,24,25);1H. The van der Waals surface area contributed by atoms with Crippen LogP contribution in [0.15, 0.2) is 53.7 Å². The quantitative estimate of drug-likeness (QED) is 0.323. The van der Waals surface area contributed by atoms with Crippen LogP contribution < -0.4 is 10.6 Å². The van der Waals surface area contributed by atoms with Gasteiger partial charge in [-0.1, -0.05) is 30.3 Å². The van der Waals surface area contributed by atoms with E-state index in [1.807, 2.05) is 38.2 Å². The van der Waals surface area contributed by atoms with Crippen molar-refractivity contribution in [3.8, 4) is 0 Å². The zero-order valence-corrected chi connectivity index (χ0v) is 18.8. The van der Waals surface area contributed by atoms with Crippen molar-refractivity contribution < 1.29 is 4.74 Å². The molecule has 0 radical (unpaired) electrons. The second-order valence-corrected chi connectivity index (χ2v) is 6.37. The number of hydrogen-bond donors (Lipinski definition) is 2. The number of guanidine groups is 1. The summed E-state index contributed by atoms with van der Waals surface area (Å²) < 4.78 is 5.68. The van der Waals surface area contributed by atoms with Crippen LogP contribution in [-0.4, -0.2) is 30.1 Å². The van der Waals surface area contributed by atoms with Gasteiger partial charge in [0.15, 0.2) is 5.96 Å². The van der Waals surface area contributed by atoms with Gasteiger partial charge in [-0.3, -0.25) is 4.98 Å². The highest BCUT2D eigenvalue weighted by Crippen LogP contribution is 2.09. The average molecular weight is 482 g/mol. The van der Waals surface area contributed by atoms with Gasteiger partial charge in [0.2, 0.25) is 0 Å². The summed E-state index contributed by atoms with van der Waals surface area (Å²) in [5, 5.41) is 6.66. The Hall–Kier alpha value is -1.67. The Labute approximate surface area is 180 Å². The van der Waals surface area contributed by atoms with Crippen LogP contribution in [0.3, 0.4) is 0 Å². The highest BCUT2D eigenvalue weighted by atomic mass is 127. The lowest BCUT2D eigenvalue weighted by Crippen LogP contribution is -2.38. The van der Waals surface area contributed by atoms with Crippen molar-refractivity contribution in [2.45, 2.75) is 46.4 Å². The van der Waals surface area contributed by atoms with Gasteiger partial charge < -0.3 is 15.4 Å². The van der Waals surface area contributed by atoms with Gasteiger partial charge >= 0.3 is 0 Å². The maximum Gasteiger partial charge on any atom is 0.191 e. The molecule has 0 aliphatic heterocycles. The molecular formula is C21H31IN4O. The average Bonchev–Trinajstić information content (AvgIpc) is 2.65. The Balaban J connectivity index is 0.00000364. The number of nitrogens with one attached hydrogen (secondary N) is 2. The highest BCUT2D eigenvalue weighted by Gasteiger charge is 2.01. The third kappa shape index (κ3) is 9.72. The van der Waals surface area contributed by atoms with E-state index >= 15 is 0 Å². The molecule has 0 bridgehead atoms.